The van der Waals surface area contributed by atoms with Gasteiger partial charge in [-0.25, -0.2) is 0 Å². The van der Waals surface area contributed by atoms with Crippen LogP contribution in [0.25, 0.3) is 0 Å². The van der Waals surface area contributed by atoms with E-state index in [1.54, 1.807) is 5.57 Å². The third kappa shape index (κ3) is 4.07. The highest BCUT2D eigenvalue weighted by molar-refractivity contribution is 7.17. The van der Waals surface area contributed by atoms with E-state index < -0.39 is 0 Å². The maximum Gasteiger partial charge on any atom is 0.173 e. The van der Waals surface area contributed by atoms with E-state index >= 15 is 0 Å². The number of hydrogen-bond donors (Lipinski definition) is 0. The van der Waals surface area contributed by atoms with E-state index in [9.17, 15) is 10.1 Å². The lowest BCUT2D eigenvalue weighted by molar-refractivity contribution is -0.185. The number of carbonyl (C=O) groups is 1. The van der Waals surface area contributed by atoms with Gasteiger partial charge in [-0.05, 0) is 94.9 Å². The Kier molecular flexibility index (Phi) is 8.20. The Morgan fingerprint density at radius 2 is 1.51 bits per heavy atom. The maximum absolute atomic E-state index is 12.9. The fraction of sp³-hybridized carbons (Fsp3) is 0.824. The van der Waals surface area contributed by atoms with Crippen LogP contribution in [0.5, 0.6) is 0 Å². The van der Waals surface area contributed by atoms with E-state index in [1.165, 1.54) is 32.1 Å². The summed E-state index contributed by atoms with van der Waals surface area (Å²) in [5, 5.41) is 9.80. The number of carbonyl (C=O) groups excluding carboxylic acids is 1. The fourth-order valence-electron chi connectivity index (χ4n) is 9.71. The van der Waals surface area contributed by atoms with E-state index in [0.29, 0.717) is 40.3 Å². The summed E-state index contributed by atoms with van der Waals surface area (Å²) >= 11 is 0. The summed E-state index contributed by atoms with van der Waals surface area (Å²) in [6.07, 6.45) is 14.2. The van der Waals surface area contributed by atoms with E-state index in [-0.39, 0.29) is 27.4 Å². The number of rotatable bonds is 0. The van der Waals surface area contributed by atoms with Crippen LogP contribution in [-0.4, -0.2) is 11.4 Å². The summed E-state index contributed by atoms with van der Waals surface area (Å²) in [6.45, 7) is 25.3. The van der Waals surface area contributed by atoms with Crippen molar-refractivity contribution in [2.75, 3.05) is 0 Å². The molecule has 0 aliphatic heterocycles. The summed E-state index contributed by atoms with van der Waals surface area (Å²) in [7, 11) is 3.17. The third-order valence-corrected chi connectivity index (χ3v) is 13.7. The van der Waals surface area contributed by atoms with E-state index in [1.807, 2.05) is 27.7 Å². The highest BCUT2D eigenvalue weighted by atomic mass is 31.0. The normalized spacial score (nSPS) is 47.4. The quantitative estimate of drug-likeness (QED) is 0.233. The van der Waals surface area contributed by atoms with Gasteiger partial charge in [0.25, 0.3) is 0 Å². The van der Waals surface area contributed by atoms with Gasteiger partial charge in [0.15, 0.2) is 5.78 Å². The maximum atomic E-state index is 12.9. The SMILES string of the molecule is CC.CC.CC1(C)CCC2(C)CCC3C(=CC[C@@]4(C)C3(C)C[C@H](P)C3(C)CC(=O)C(C#N)=CC34C)C2C1. The minimum Gasteiger partial charge on any atom is -0.293 e. The van der Waals surface area contributed by atoms with Crippen LogP contribution in [-0.2, 0) is 4.79 Å². The summed E-state index contributed by atoms with van der Waals surface area (Å²) in [4.78, 5) is 12.9. The first-order valence-electron chi connectivity index (χ1n) is 15.3. The van der Waals surface area contributed by atoms with Crippen LogP contribution in [0, 0.1) is 55.7 Å². The molecule has 0 bridgehead atoms. The number of allylic oxidation sites excluding steroid dienone is 4. The fourth-order valence-corrected chi connectivity index (χ4v) is 10.7. The Morgan fingerprint density at radius 3 is 2.11 bits per heavy atom. The molecule has 7 unspecified atom stereocenters. The largest absolute Gasteiger partial charge is 0.293 e. The zero-order valence-corrected chi connectivity index (χ0v) is 27.1. The van der Waals surface area contributed by atoms with Crippen molar-refractivity contribution < 1.29 is 4.79 Å². The molecule has 37 heavy (non-hydrogen) atoms. The molecular weight excluding hydrogens is 469 g/mol. The molecule has 3 heteroatoms. The zero-order chi connectivity index (χ0) is 28.2. The molecule has 9 atom stereocenters. The van der Waals surface area contributed by atoms with Crippen LogP contribution >= 0.6 is 9.24 Å². The molecule has 0 aromatic rings. The van der Waals surface area contributed by atoms with E-state index in [2.05, 4.69) is 75.9 Å². The summed E-state index contributed by atoms with van der Waals surface area (Å²) in [6, 6.07) is 2.27. The first-order valence-corrected chi connectivity index (χ1v) is 15.9. The molecule has 2 nitrogen and oxygen atoms in total. The standard InChI is InChI=1S/C30H44NOP.2C2H6/c1-25(2)12-13-26(3)10-9-21-20(22(26)15-25)8-11-29(6)27(21,4)17-24(33)28(5)16-23(32)19(18-31)14-30(28,29)7;2*1-2/h8,14,21-22,24H,9-13,15-17,33H2,1-7H3;2*1-2H3/t21?,22?,24-,26?,27?,28?,29-,30?;;/m0../s1. The smallest absolute Gasteiger partial charge is 0.173 e. The minimum atomic E-state index is -0.187. The molecule has 0 N–H and O–H groups in total. The number of ketones is 1. The van der Waals surface area contributed by atoms with Crippen LogP contribution in [0.2, 0.25) is 0 Å². The molecule has 5 rings (SSSR count). The minimum absolute atomic E-state index is 0.0245. The number of nitrogens with zero attached hydrogens (tertiary/aromatic N) is 1. The Morgan fingerprint density at radius 1 is 0.892 bits per heavy atom. The Hall–Kier alpha value is -0.930. The number of nitriles is 1. The van der Waals surface area contributed by atoms with Crippen molar-refractivity contribution in [2.24, 2.45) is 44.3 Å². The average Bonchev–Trinajstić information content (AvgIpc) is 2.86. The summed E-state index contributed by atoms with van der Waals surface area (Å²) < 4.78 is 0. The molecule has 5 aliphatic rings. The monoisotopic (exact) mass is 525 g/mol. The Labute approximate surface area is 231 Å². The Balaban J connectivity index is 0.000000907. The summed E-state index contributed by atoms with van der Waals surface area (Å²) in [5.41, 5.74) is 3.31. The second kappa shape index (κ2) is 9.92. The van der Waals surface area contributed by atoms with Gasteiger partial charge in [-0.2, -0.15) is 5.26 Å². The molecule has 5 aliphatic carbocycles. The molecule has 0 radical (unpaired) electrons. The van der Waals surface area contributed by atoms with Gasteiger partial charge in [0, 0.05) is 6.42 Å². The third-order valence-electron chi connectivity index (χ3n) is 12.7. The van der Waals surface area contributed by atoms with Gasteiger partial charge in [-0.15, -0.1) is 9.24 Å². The van der Waals surface area contributed by atoms with Crippen LogP contribution < -0.4 is 0 Å². The van der Waals surface area contributed by atoms with E-state index in [4.69, 9.17) is 0 Å². The molecule has 0 aromatic heterocycles. The van der Waals surface area contributed by atoms with Crippen LogP contribution in [0.3, 0.4) is 0 Å². The van der Waals surface area contributed by atoms with Gasteiger partial charge in [0.05, 0.1) is 5.57 Å². The summed E-state index contributed by atoms with van der Waals surface area (Å²) in [5.74, 6) is 1.37. The lowest BCUT2D eigenvalue weighted by Crippen LogP contribution is -2.68. The second-order valence-corrected chi connectivity index (χ2v) is 15.3. The highest BCUT2D eigenvalue weighted by Gasteiger charge is 2.71. The molecule has 0 heterocycles. The van der Waals surface area contributed by atoms with Gasteiger partial charge in [-0.1, -0.05) is 93.9 Å². The van der Waals surface area contributed by atoms with Gasteiger partial charge in [0.1, 0.15) is 6.07 Å². The molecule has 0 aromatic carbocycles. The predicted octanol–water partition coefficient (Wildman–Crippen LogP) is 9.71. The molecule has 0 saturated heterocycles. The van der Waals surface area contributed by atoms with Crippen molar-refractivity contribution in [1.29, 1.82) is 5.26 Å². The van der Waals surface area contributed by atoms with Gasteiger partial charge in [0.2, 0.25) is 0 Å². The first-order chi connectivity index (χ1) is 17.2. The number of hydrogen-bond acceptors (Lipinski definition) is 2. The van der Waals surface area contributed by atoms with Gasteiger partial charge >= 0.3 is 0 Å². The molecule has 3 saturated carbocycles. The second-order valence-electron chi connectivity index (χ2n) is 14.5. The Bertz CT molecular complexity index is 1020. The first kappa shape index (κ1) is 30.6. The van der Waals surface area contributed by atoms with Crippen molar-refractivity contribution >= 4 is 15.0 Å². The van der Waals surface area contributed by atoms with Gasteiger partial charge < -0.3 is 0 Å². The van der Waals surface area contributed by atoms with Crippen molar-refractivity contribution in [3.63, 3.8) is 0 Å². The number of Topliss-reactive ketones (excluding diaryl/α,β-unsaturated/α-hetero) is 1. The zero-order valence-electron chi connectivity index (χ0n) is 26.0. The molecule has 3 fully saturated rings. The molecule has 0 amide bonds. The predicted molar refractivity (Wildman–Crippen MR) is 161 cm³/mol. The highest BCUT2D eigenvalue weighted by Crippen LogP contribution is 2.77. The molecule has 0 spiro atoms. The van der Waals surface area contributed by atoms with Crippen molar-refractivity contribution in [3.8, 4) is 6.07 Å². The lowest BCUT2D eigenvalue weighted by Gasteiger charge is -2.73. The van der Waals surface area contributed by atoms with Crippen LogP contribution in [0.1, 0.15) is 128 Å². The van der Waals surface area contributed by atoms with Crippen molar-refractivity contribution in [1.82, 2.24) is 0 Å². The molecule has 208 valence electrons. The average molecular weight is 526 g/mol. The van der Waals surface area contributed by atoms with Crippen LogP contribution in [0.4, 0.5) is 0 Å². The van der Waals surface area contributed by atoms with Crippen molar-refractivity contribution in [2.45, 2.75) is 133 Å². The van der Waals surface area contributed by atoms with Crippen molar-refractivity contribution in [3.05, 3.63) is 23.3 Å². The van der Waals surface area contributed by atoms with E-state index in [0.717, 1.165) is 12.8 Å². The van der Waals surface area contributed by atoms with Crippen LogP contribution in [0.15, 0.2) is 23.3 Å². The topological polar surface area (TPSA) is 40.9 Å². The van der Waals surface area contributed by atoms with Gasteiger partial charge in [-0.3, -0.25) is 4.79 Å². The number of fused-ring (bicyclic) bond motifs is 7. The molecular formula is C34H56NOP. The lowest BCUT2D eigenvalue weighted by atomic mass is 9.31.